The maximum atomic E-state index is 13.5. The predicted octanol–water partition coefficient (Wildman–Crippen LogP) is 5.03. The smallest absolute Gasteiger partial charge is 0.245 e. The minimum atomic E-state index is -3.53. The Kier molecular flexibility index (Phi) is 7.20. The summed E-state index contributed by atoms with van der Waals surface area (Å²) >= 11 is 0. The summed E-state index contributed by atoms with van der Waals surface area (Å²) < 4.78 is 34.2. The predicted molar refractivity (Wildman–Crippen MR) is 133 cm³/mol. The molecule has 5 rings (SSSR count). The molecule has 0 amide bonds. The van der Waals surface area contributed by atoms with Crippen LogP contribution in [0.1, 0.15) is 67.4 Å². The second-order valence-corrected chi connectivity index (χ2v) is 12.0. The monoisotopic (exact) mass is 495 g/mol. The number of aromatic hydroxyl groups is 1. The van der Waals surface area contributed by atoms with Crippen molar-refractivity contribution >= 4 is 10.0 Å². The largest absolute Gasteiger partial charge is 0.508 e. The minimum Gasteiger partial charge on any atom is -0.508 e. The number of benzene rings is 2. The van der Waals surface area contributed by atoms with Crippen LogP contribution in [-0.2, 0) is 28.6 Å². The van der Waals surface area contributed by atoms with Crippen LogP contribution in [0.3, 0.4) is 0 Å². The van der Waals surface area contributed by atoms with E-state index in [-0.39, 0.29) is 11.5 Å². The molecule has 2 aliphatic rings. The van der Waals surface area contributed by atoms with E-state index in [1.165, 1.54) is 19.3 Å². The van der Waals surface area contributed by atoms with Crippen LogP contribution in [0.2, 0.25) is 0 Å². The summed E-state index contributed by atoms with van der Waals surface area (Å²) in [4.78, 5) is 4.63. The van der Waals surface area contributed by atoms with Crippen LogP contribution < -0.4 is 0 Å². The lowest BCUT2D eigenvalue weighted by Gasteiger charge is -2.27. The molecule has 1 aromatic heterocycles. The Balaban J connectivity index is 1.28. The number of phenolic OH excluding ortho intramolecular Hbond substituents is 1. The molecule has 2 aromatic carbocycles. The van der Waals surface area contributed by atoms with Gasteiger partial charge in [0, 0.05) is 13.0 Å². The van der Waals surface area contributed by atoms with Gasteiger partial charge in [0.2, 0.25) is 15.9 Å². The van der Waals surface area contributed by atoms with Crippen LogP contribution in [0.15, 0.2) is 59.1 Å². The fourth-order valence-corrected chi connectivity index (χ4v) is 7.11. The fraction of sp³-hybridized carbons (Fsp3) is 0.481. The average molecular weight is 496 g/mol. The second-order valence-electron chi connectivity index (χ2n) is 10.0. The topological polar surface area (TPSA) is 96.5 Å². The SMILES string of the molecule is O=S(=O)(Cc1ccccc1)N1CC(CC2CCC2)CC1c1nc(CCCc2cccc(O)c2)no1. The Morgan fingerprint density at radius 2 is 1.80 bits per heavy atom. The first-order valence-corrected chi connectivity index (χ1v) is 14.2. The second kappa shape index (κ2) is 10.5. The zero-order chi connectivity index (χ0) is 24.3. The highest BCUT2D eigenvalue weighted by Crippen LogP contribution is 2.43. The van der Waals surface area contributed by atoms with Crippen molar-refractivity contribution in [3.63, 3.8) is 0 Å². The highest BCUT2D eigenvalue weighted by molar-refractivity contribution is 7.88. The van der Waals surface area contributed by atoms with E-state index in [0.717, 1.165) is 36.8 Å². The molecule has 2 fully saturated rings. The van der Waals surface area contributed by atoms with Gasteiger partial charge in [0.1, 0.15) is 11.8 Å². The molecule has 7 nitrogen and oxygen atoms in total. The van der Waals surface area contributed by atoms with Crippen LogP contribution in [0.5, 0.6) is 5.75 Å². The van der Waals surface area contributed by atoms with E-state index < -0.39 is 16.1 Å². The number of hydrogen-bond acceptors (Lipinski definition) is 6. The molecule has 2 heterocycles. The van der Waals surface area contributed by atoms with Crippen LogP contribution in [0, 0.1) is 11.8 Å². The molecule has 3 aromatic rings. The van der Waals surface area contributed by atoms with Crippen molar-refractivity contribution in [2.45, 2.75) is 63.2 Å². The Bertz CT molecular complexity index is 1220. The quantitative estimate of drug-likeness (QED) is 0.424. The average Bonchev–Trinajstić information content (AvgIpc) is 3.44. The molecule has 0 bridgehead atoms. The number of sulfonamides is 1. The molecule has 1 saturated carbocycles. The molecule has 186 valence electrons. The van der Waals surface area contributed by atoms with Crippen LogP contribution >= 0.6 is 0 Å². The molecule has 0 spiro atoms. The van der Waals surface area contributed by atoms with Gasteiger partial charge in [-0.3, -0.25) is 0 Å². The third-order valence-corrected chi connectivity index (χ3v) is 9.14. The summed E-state index contributed by atoms with van der Waals surface area (Å²) in [6.07, 6.45) is 7.83. The van der Waals surface area contributed by atoms with Crippen molar-refractivity contribution in [3.05, 3.63) is 77.4 Å². The summed E-state index contributed by atoms with van der Waals surface area (Å²) in [7, 11) is -3.53. The molecule has 2 atom stereocenters. The van der Waals surface area contributed by atoms with Crippen LogP contribution in [-0.4, -0.2) is 34.5 Å². The van der Waals surface area contributed by atoms with Gasteiger partial charge in [-0.25, -0.2) is 8.42 Å². The molecule has 2 unspecified atom stereocenters. The van der Waals surface area contributed by atoms with Gasteiger partial charge in [-0.2, -0.15) is 9.29 Å². The standard InChI is InChI=1S/C27H33N3O4S/c31-24-13-5-11-21(16-24)12-6-14-26-28-27(34-29-26)25-17-23(15-20-9-4-10-20)18-30(25)35(32,33)19-22-7-2-1-3-8-22/h1-3,5,7-8,11,13,16,20,23,25,31H,4,6,9-10,12,14-15,17-19H2. The Morgan fingerprint density at radius 1 is 1.00 bits per heavy atom. The van der Waals surface area contributed by atoms with Crippen molar-refractivity contribution in [2.75, 3.05) is 6.54 Å². The summed E-state index contributed by atoms with van der Waals surface area (Å²) in [6, 6.07) is 16.2. The van der Waals surface area contributed by atoms with Crippen LogP contribution in [0.4, 0.5) is 0 Å². The van der Waals surface area contributed by atoms with Crippen molar-refractivity contribution in [1.29, 1.82) is 0 Å². The maximum absolute atomic E-state index is 13.5. The zero-order valence-corrected chi connectivity index (χ0v) is 20.7. The van der Waals surface area contributed by atoms with Gasteiger partial charge in [-0.15, -0.1) is 0 Å². The Hall–Kier alpha value is -2.71. The summed E-state index contributed by atoms with van der Waals surface area (Å²) in [5, 5.41) is 13.8. The van der Waals surface area contributed by atoms with Gasteiger partial charge in [0.25, 0.3) is 0 Å². The molecular weight excluding hydrogens is 462 g/mol. The lowest BCUT2D eigenvalue weighted by molar-refractivity contribution is 0.252. The summed E-state index contributed by atoms with van der Waals surface area (Å²) in [5.41, 5.74) is 1.84. The number of aryl methyl sites for hydroxylation is 2. The van der Waals surface area contributed by atoms with Gasteiger partial charge in [0.05, 0.1) is 5.75 Å². The summed E-state index contributed by atoms with van der Waals surface area (Å²) in [6.45, 7) is 0.519. The molecule has 1 aliphatic heterocycles. The molecule has 1 N–H and O–H groups in total. The number of hydrogen-bond donors (Lipinski definition) is 1. The summed E-state index contributed by atoms with van der Waals surface area (Å²) in [5.74, 6) is 2.28. The Labute approximate surface area is 207 Å². The van der Waals surface area contributed by atoms with E-state index in [9.17, 15) is 13.5 Å². The third-order valence-electron chi connectivity index (χ3n) is 7.33. The lowest BCUT2D eigenvalue weighted by Crippen LogP contribution is -2.32. The maximum Gasteiger partial charge on any atom is 0.245 e. The highest BCUT2D eigenvalue weighted by Gasteiger charge is 2.43. The van der Waals surface area contributed by atoms with Crippen molar-refractivity contribution in [2.24, 2.45) is 11.8 Å². The lowest BCUT2D eigenvalue weighted by atomic mass is 9.78. The first-order chi connectivity index (χ1) is 17.0. The molecule has 1 saturated heterocycles. The van der Waals surface area contributed by atoms with E-state index in [4.69, 9.17) is 4.52 Å². The van der Waals surface area contributed by atoms with E-state index in [1.54, 1.807) is 16.4 Å². The van der Waals surface area contributed by atoms with Gasteiger partial charge < -0.3 is 9.63 Å². The number of aromatic nitrogens is 2. The van der Waals surface area contributed by atoms with Gasteiger partial charge in [0.15, 0.2) is 5.82 Å². The van der Waals surface area contributed by atoms with Crippen LogP contribution in [0.25, 0.3) is 0 Å². The van der Waals surface area contributed by atoms with Crippen molar-refractivity contribution in [1.82, 2.24) is 14.4 Å². The molecule has 8 heteroatoms. The van der Waals surface area contributed by atoms with Gasteiger partial charge in [-0.05, 0) is 60.8 Å². The molecule has 0 radical (unpaired) electrons. The number of phenols is 1. The van der Waals surface area contributed by atoms with E-state index in [0.29, 0.717) is 36.5 Å². The first-order valence-electron chi connectivity index (χ1n) is 12.6. The Morgan fingerprint density at radius 3 is 2.54 bits per heavy atom. The van der Waals surface area contributed by atoms with Crippen molar-refractivity contribution < 1.29 is 18.0 Å². The van der Waals surface area contributed by atoms with E-state index in [2.05, 4.69) is 10.1 Å². The highest BCUT2D eigenvalue weighted by atomic mass is 32.2. The molecule has 35 heavy (non-hydrogen) atoms. The number of rotatable bonds is 10. The minimum absolute atomic E-state index is 0.0224. The van der Waals surface area contributed by atoms with Gasteiger partial charge in [-0.1, -0.05) is 66.9 Å². The van der Waals surface area contributed by atoms with E-state index >= 15 is 0 Å². The normalized spacial score (nSPS) is 21.3. The molecular formula is C27H33N3O4S. The van der Waals surface area contributed by atoms with E-state index in [1.807, 2.05) is 42.5 Å². The fourth-order valence-electron chi connectivity index (χ4n) is 5.33. The first kappa shape index (κ1) is 24.0. The number of nitrogens with zero attached hydrogens (tertiary/aromatic N) is 3. The third kappa shape index (κ3) is 5.93. The van der Waals surface area contributed by atoms with Gasteiger partial charge >= 0.3 is 0 Å². The van der Waals surface area contributed by atoms with Crippen molar-refractivity contribution in [3.8, 4) is 5.75 Å². The zero-order valence-electron chi connectivity index (χ0n) is 19.9. The molecule has 1 aliphatic carbocycles.